The van der Waals surface area contributed by atoms with Crippen LogP contribution in [0.2, 0.25) is 0 Å². The molecular formula is C27H30N4O4S. The van der Waals surface area contributed by atoms with Gasteiger partial charge in [0.15, 0.2) is 0 Å². The van der Waals surface area contributed by atoms with Gasteiger partial charge in [-0.25, -0.2) is 18.2 Å². The molecule has 1 saturated carbocycles. The van der Waals surface area contributed by atoms with Crippen molar-refractivity contribution >= 4 is 16.1 Å². The van der Waals surface area contributed by atoms with Crippen molar-refractivity contribution in [3.63, 3.8) is 0 Å². The van der Waals surface area contributed by atoms with Crippen molar-refractivity contribution in [3.8, 4) is 5.75 Å². The first-order chi connectivity index (χ1) is 17.3. The molecule has 2 aromatic carbocycles. The molecule has 1 N–H and O–H groups in total. The van der Waals surface area contributed by atoms with Gasteiger partial charge in [0.05, 0.1) is 31.5 Å². The zero-order valence-corrected chi connectivity index (χ0v) is 21.2. The molecule has 1 aliphatic carbocycles. The standard InChI is InChI=1S/C27H30N4O4S/c1-19(21-11-13-25(35-2)14-12-21)31-26(24-9-7-23(8-10-24)22-5-6-22)17-30(27(31)32)29-36(33,34)18-20-4-3-15-28-16-20/h3-4,7-16,19,22,26,29H,5-6,17-18H2,1-2H3. The molecule has 2 heterocycles. The average Bonchev–Trinajstić information content (AvgIpc) is 3.69. The highest BCUT2D eigenvalue weighted by atomic mass is 32.2. The van der Waals surface area contributed by atoms with E-state index >= 15 is 0 Å². The first-order valence-corrected chi connectivity index (χ1v) is 13.7. The number of nitrogens with one attached hydrogen (secondary N) is 1. The number of amides is 2. The number of methoxy groups -OCH3 is 1. The summed E-state index contributed by atoms with van der Waals surface area (Å²) in [7, 11) is -2.21. The molecule has 2 fully saturated rings. The number of nitrogens with zero attached hydrogens (tertiary/aromatic N) is 3. The molecule has 0 bridgehead atoms. The number of rotatable bonds is 9. The van der Waals surface area contributed by atoms with Gasteiger partial charge in [0.25, 0.3) is 0 Å². The molecule has 36 heavy (non-hydrogen) atoms. The zero-order chi connectivity index (χ0) is 25.3. The summed E-state index contributed by atoms with van der Waals surface area (Å²) < 4.78 is 31.1. The van der Waals surface area contributed by atoms with E-state index < -0.39 is 10.0 Å². The number of hydrogen-bond acceptors (Lipinski definition) is 5. The van der Waals surface area contributed by atoms with E-state index in [2.05, 4.69) is 34.1 Å². The first-order valence-electron chi connectivity index (χ1n) is 12.1. The molecule has 8 nitrogen and oxygen atoms in total. The predicted molar refractivity (Wildman–Crippen MR) is 137 cm³/mol. The number of carbonyl (C=O) groups excluding carboxylic acids is 1. The van der Waals surface area contributed by atoms with Gasteiger partial charge >= 0.3 is 6.03 Å². The lowest BCUT2D eigenvalue weighted by Crippen LogP contribution is -2.45. The van der Waals surface area contributed by atoms with E-state index in [0.717, 1.165) is 16.9 Å². The van der Waals surface area contributed by atoms with Crippen LogP contribution >= 0.6 is 0 Å². The van der Waals surface area contributed by atoms with Gasteiger partial charge in [-0.15, -0.1) is 4.83 Å². The molecule has 2 unspecified atom stereocenters. The SMILES string of the molecule is COc1ccc(C(C)N2C(=O)N(NS(=O)(=O)Cc3cccnc3)CC2c2ccc(C3CC3)cc2)cc1. The number of sulfonamides is 1. The molecule has 2 amide bonds. The van der Waals surface area contributed by atoms with Gasteiger partial charge in [-0.1, -0.05) is 42.5 Å². The van der Waals surface area contributed by atoms with Gasteiger partial charge in [0.1, 0.15) is 5.75 Å². The average molecular weight is 507 g/mol. The summed E-state index contributed by atoms with van der Waals surface area (Å²) in [5, 5.41) is 1.21. The van der Waals surface area contributed by atoms with E-state index in [-0.39, 0.29) is 30.4 Å². The molecule has 9 heteroatoms. The topological polar surface area (TPSA) is 91.8 Å². The third-order valence-electron chi connectivity index (χ3n) is 6.86. The maximum atomic E-state index is 13.6. The van der Waals surface area contributed by atoms with E-state index in [1.165, 1.54) is 29.6 Å². The van der Waals surface area contributed by atoms with E-state index in [1.54, 1.807) is 30.3 Å². The maximum absolute atomic E-state index is 13.6. The van der Waals surface area contributed by atoms with Gasteiger partial charge in [0.2, 0.25) is 10.0 Å². The molecule has 188 valence electrons. The monoisotopic (exact) mass is 506 g/mol. The van der Waals surface area contributed by atoms with E-state index in [1.807, 2.05) is 31.2 Å². The summed E-state index contributed by atoms with van der Waals surface area (Å²) in [5.74, 6) is 1.10. The van der Waals surface area contributed by atoms with Crippen molar-refractivity contribution in [3.05, 3.63) is 95.3 Å². The maximum Gasteiger partial charge on any atom is 0.336 e. The Morgan fingerprint density at radius 1 is 1.06 bits per heavy atom. The number of ether oxygens (including phenoxy) is 1. The minimum Gasteiger partial charge on any atom is -0.497 e. The fourth-order valence-electron chi connectivity index (χ4n) is 4.74. The van der Waals surface area contributed by atoms with Crippen LogP contribution < -0.4 is 9.57 Å². The Kier molecular flexibility index (Phi) is 6.68. The summed E-state index contributed by atoms with van der Waals surface area (Å²) in [6.07, 6.45) is 5.53. The Labute approximate surface area is 211 Å². The molecule has 2 aliphatic rings. The number of hydrogen-bond donors (Lipinski definition) is 1. The molecular weight excluding hydrogens is 476 g/mol. The van der Waals surface area contributed by atoms with Gasteiger partial charge in [0, 0.05) is 12.4 Å². The van der Waals surface area contributed by atoms with Crippen molar-refractivity contribution in [1.29, 1.82) is 0 Å². The Bertz CT molecular complexity index is 1310. The van der Waals surface area contributed by atoms with E-state index in [4.69, 9.17) is 4.74 Å². The van der Waals surface area contributed by atoms with Crippen LogP contribution in [-0.4, -0.2) is 43.0 Å². The van der Waals surface area contributed by atoms with Crippen LogP contribution in [0.4, 0.5) is 4.79 Å². The number of hydrazine groups is 1. The molecule has 2 atom stereocenters. The number of aromatic nitrogens is 1. The van der Waals surface area contributed by atoms with Crippen LogP contribution in [0.3, 0.4) is 0 Å². The van der Waals surface area contributed by atoms with Crippen LogP contribution in [0.1, 0.15) is 60.0 Å². The molecule has 0 spiro atoms. The van der Waals surface area contributed by atoms with Gasteiger partial charge in [-0.05, 0) is 66.1 Å². The normalized spacial score (nSPS) is 18.9. The minimum absolute atomic E-state index is 0.203. The zero-order valence-electron chi connectivity index (χ0n) is 20.4. The van der Waals surface area contributed by atoms with Crippen LogP contribution in [0, 0.1) is 0 Å². The highest BCUT2D eigenvalue weighted by Gasteiger charge is 2.43. The van der Waals surface area contributed by atoms with Crippen molar-refractivity contribution in [1.82, 2.24) is 19.7 Å². The Hall–Kier alpha value is -3.43. The highest BCUT2D eigenvalue weighted by Crippen LogP contribution is 2.42. The van der Waals surface area contributed by atoms with E-state index in [9.17, 15) is 13.2 Å². The number of benzene rings is 2. The molecule has 1 saturated heterocycles. The molecule has 1 aromatic heterocycles. The van der Waals surface area contributed by atoms with Crippen molar-refractivity contribution in [2.24, 2.45) is 0 Å². The summed E-state index contributed by atoms with van der Waals surface area (Å²) >= 11 is 0. The largest absolute Gasteiger partial charge is 0.497 e. The third-order valence-corrected chi connectivity index (χ3v) is 8.07. The lowest BCUT2D eigenvalue weighted by atomic mass is 9.99. The second-order valence-corrected chi connectivity index (χ2v) is 11.1. The van der Waals surface area contributed by atoms with Gasteiger partial charge in [-0.2, -0.15) is 0 Å². The summed E-state index contributed by atoms with van der Waals surface area (Å²) in [6.45, 7) is 2.16. The third kappa shape index (κ3) is 5.22. The minimum atomic E-state index is -3.82. The number of urea groups is 1. The second kappa shape index (κ2) is 9.91. The lowest BCUT2D eigenvalue weighted by molar-refractivity contribution is 0.166. The first kappa shape index (κ1) is 24.3. The molecule has 3 aromatic rings. The number of carbonyl (C=O) groups is 1. The summed E-state index contributed by atoms with van der Waals surface area (Å²) in [6, 6.07) is 18.4. The molecule has 1 aliphatic heterocycles. The Balaban J connectivity index is 1.42. The second-order valence-electron chi connectivity index (χ2n) is 9.42. The molecule has 5 rings (SSSR count). The van der Waals surface area contributed by atoms with Crippen molar-refractivity contribution < 1.29 is 17.9 Å². The summed E-state index contributed by atoms with van der Waals surface area (Å²) in [5.41, 5.74) is 3.77. The fraction of sp³-hybridized carbons (Fsp3) is 0.333. The summed E-state index contributed by atoms with van der Waals surface area (Å²) in [4.78, 5) is 21.9. The van der Waals surface area contributed by atoms with Gasteiger partial charge in [-0.3, -0.25) is 4.98 Å². The van der Waals surface area contributed by atoms with Crippen LogP contribution in [0.25, 0.3) is 0 Å². The Morgan fingerprint density at radius 2 is 1.75 bits per heavy atom. The van der Waals surface area contributed by atoms with Crippen molar-refractivity contribution in [2.75, 3.05) is 13.7 Å². The number of pyridine rings is 1. The smallest absolute Gasteiger partial charge is 0.336 e. The highest BCUT2D eigenvalue weighted by molar-refractivity contribution is 7.88. The van der Waals surface area contributed by atoms with Gasteiger partial charge < -0.3 is 9.64 Å². The predicted octanol–water partition coefficient (Wildman–Crippen LogP) is 4.54. The van der Waals surface area contributed by atoms with Crippen molar-refractivity contribution in [2.45, 2.75) is 43.5 Å². The molecule has 0 radical (unpaired) electrons. The fourth-order valence-corrected chi connectivity index (χ4v) is 5.91. The Morgan fingerprint density at radius 3 is 2.36 bits per heavy atom. The quantitative estimate of drug-likeness (QED) is 0.460. The van der Waals surface area contributed by atoms with Crippen LogP contribution in [0.15, 0.2) is 73.1 Å². The van der Waals surface area contributed by atoms with Crippen LogP contribution in [0.5, 0.6) is 5.75 Å². The van der Waals surface area contributed by atoms with E-state index in [0.29, 0.717) is 11.5 Å². The van der Waals surface area contributed by atoms with Crippen LogP contribution in [-0.2, 0) is 15.8 Å². The lowest BCUT2D eigenvalue weighted by Gasteiger charge is -2.30.